The van der Waals surface area contributed by atoms with Gasteiger partial charge in [0.15, 0.2) is 12.4 Å². The molecule has 2 aromatic heterocycles. The summed E-state index contributed by atoms with van der Waals surface area (Å²) in [7, 11) is 1.97. The van der Waals surface area contributed by atoms with Crippen molar-refractivity contribution in [2.45, 2.75) is 5.03 Å². The zero-order chi connectivity index (χ0) is 12.3. The van der Waals surface area contributed by atoms with Gasteiger partial charge in [-0.2, -0.15) is 5.26 Å². The highest BCUT2D eigenvalue weighted by molar-refractivity contribution is 7.98. The monoisotopic (exact) mass is 321 g/mol. The van der Waals surface area contributed by atoms with Crippen LogP contribution in [0.25, 0.3) is 11.3 Å². The van der Waals surface area contributed by atoms with Gasteiger partial charge in [0.05, 0.1) is 16.8 Å². The summed E-state index contributed by atoms with van der Waals surface area (Å²) in [5, 5.41) is 9.72. The molecule has 0 atom stereocenters. The SMILES string of the molecule is CSc1nc(-c2ccc[n+](C)c2)ccc1C#N.[Br-]. The number of aryl methyl sites for hydroxylation is 1. The lowest BCUT2D eigenvalue weighted by atomic mass is 10.1. The molecule has 0 spiro atoms. The minimum absolute atomic E-state index is 0. The summed E-state index contributed by atoms with van der Waals surface area (Å²) in [4.78, 5) is 4.50. The molecule has 18 heavy (non-hydrogen) atoms. The van der Waals surface area contributed by atoms with E-state index < -0.39 is 0 Å². The van der Waals surface area contributed by atoms with Crippen LogP contribution in [0.2, 0.25) is 0 Å². The first-order valence-electron chi connectivity index (χ1n) is 5.15. The number of aromatic nitrogens is 2. The Hall–Kier alpha value is -1.38. The highest BCUT2D eigenvalue weighted by atomic mass is 79.9. The minimum atomic E-state index is 0. The molecule has 3 nitrogen and oxygen atoms in total. The fourth-order valence-electron chi connectivity index (χ4n) is 1.58. The third-order valence-electron chi connectivity index (χ3n) is 2.41. The van der Waals surface area contributed by atoms with Crippen molar-refractivity contribution in [3.05, 3.63) is 42.2 Å². The molecule has 92 valence electrons. The van der Waals surface area contributed by atoms with Crippen molar-refractivity contribution in [2.24, 2.45) is 7.05 Å². The molecular weight excluding hydrogens is 310 g/mol. The van der Waals surface area contributed by atoms with E-state index in [2.05, 4.69) is 11.1 Å². The van der Waals surface area contributed by atoms with Gasteiger partial charge >= 0.3 is 0 Å². The van der Waals surface area contributed by atoms with E-state index in [4.69, 9.17) is 5.26 Å². The molecule has 0 aromatic carbocycles. The van der Waals surface area contributed by atoms with Gasteiger partial charge < -0.3 is 17.0 Å². The van der Waals surface area contributed by atoms with Gasteiger partial charge in [-0.1, -0.05) is 0 Å². The van der Waals surface area contributed by atoms with Crippen molar-refractivity contribution in [2.75, 3.05) is 6.26 Å². The van der Waals surface area contributed by atoms with Gasteiger partial charge in [-0.15, -0.1) is 11.8 Å². The molecule has 0 N–H and O–H groups in total. The van der Waals surface area contributed by atoms with Crippen molar-refractivity contribution >= 4 is 11.8 Å². The number of thioether (sulfide) groups is 1. The summed E-state index contributed by atoms with van der Waals surface area (Å²) in [5.41, 5.74) is 2.57. The van der Waals surface area contributed by atoms with Gasteiger partial charge in [-0.05, 0) is 24.5 Å². The predicted molar refractivity (Wildman–Crippen MR) is 67.3 cm³/mol. The predicted octanol–water partition coefficient (Wildman–Crippen LogP) is -0.829. The molecule has 0 fully saturated rings. The highest BCUT2D eigenvalue weighted by Gasteiger charge is 2.08. The van der Waals surface area contributed by atoms with E-state index >= 15 is 0 Å². The lowest BCUT2D eigenvalue weighted by molar-refractivity contribution is -0.671. The van der Waals surface area contributed by atoms with E-state index in [9.17, 15) is 0 Å². The summed E-state index contributed by atoms with van der Waals surface area (Å²) in [6.07, 6.45) is 5.92. The summed E-state index contributed by atoms with van der Waals surface area (Å²) in [5.74, 6) is 0. The number of nitrogens with zero attached hydrogens (tertiary/aromatic N) is 3. The largest absolute Gasteiger partial charge is 1.00 e. The topological polar surface area (TPSA) is 40.6 Å². The zero-order valence-corrected chi connectivity index (χ0v) is 12.5. The van der Waals surface area contributed by atoms with E-state index in [1.54, 1.807) is 0 Å². The molecule has 0 aliphatic rings. The molecule has 2 heterocycles. The third-order valence-corrected chi connectivity index (χ3v) is 3.11. The molecule has 0 aliphatic carbocycles. The van der Waals surface area contributed by atoms with E-state index in [1.165, 1.54) is 11.8 Å². The van der Waals surface area contributed by atoms with Crippen molar-refractivity contribution in [3.63, 3.8) is 0 Å². The lowest BCUT2D eigenvalue weighted by Gasteiger charge is -2.03. The first-order valence-corrected chi connectivity index (χ1v) is 6.38. The van der Waals surface area contributed by atoms with Gasteiger partial charge in [0.1, 0.15) is 18.1 Å². The normalized spacial score (nSPS) is 9.39. The fourth-order valence-corrected chi connectivity index (χ4v) is 2.10. The first-order chi connectivity index (χ1) is 8.24. The molecule has 0 unspecified atom stereocenters. The van der Waals surface area contributed by atoms with Gasteiger partial charge in [-0.25, -0.2) is 9.55 Å². The standard InChI is InChI=1S/C13H12N3S.BrH/c1-16-7-3-4-11(9-16)12-6-5-10(8-14)13(15-12)17-2;/h3-7,9H,1-2H3;1H/q+1;/p-1. The van der Waals surface area contributed by atoms with Gasteiger partial charge in [0.25, 0.3) is 0 Å². The van der Waals surface area contributed by atoms with Crippen molar-refractivity contribution in [1.29, 1.82) is 5.26 Å². The number of hydrogen-bond donors (Lipinski definition) is 0. The Kier molecular flexibility index (Phi) is 5.32. The molecule has 5 heteroatoms. The van der Waals surface area contributed by atoms with Crippen LogP contribution in [-0.4, -0.2) is 11.2 Å². The molecular formula is C13H12BrN3S. The molecule has 0 saturated carbocycles. The molecule has 0 bridgehead atoms. The second kappa shape index (κ2) is 6.53. The third kappa shape index (κ3) is 3.09. The second-order valence-electron chi connectivity index (χ2n) is 3.62. The Bertz CT molecular complexity index is 593. The van der Waals surface area contributed by atoms with Gasteiger partial charge in [0, 0.05) is 6.07 Å². The van der Waals surface area contributed by atoms with Crippen molar-refractivity contribution in [3.8, 4) is 17.3 Å². The van der Waals surface area contributed by atoms with Crippen LogP contribution in [0, 0.1) is 11.3 Å². The summed E-state index contributed by atoms with van der Waals surface area (Å²) >= 11 is 1.49. The fraction of sp³-hybridized carbons (Fsp3) is 0.154. The van der Waals surface area contributed by atoms with Gasteiger partial charge in [-0.3, -0.25) is 0 Å². The quantitative estimate of drug-likeness (QED) is 0.535. The average molecular weight is 322 g/mol. The van der Waals surface area contributed by atoms with Crippen LogP contribution < -0.4 is 21.5 Å². The maximum atomic E-state index is 8.95. The average Bonchev–Trinajstić information content (AvgIpc) is 2.38. The Labute approximate surface area is 121 Å². The number of nitriles is 1. The summed E-state index contributed by atoms with van der Waals surface area (Å²) < 4.78 is 1.98. The Morgan fingerprint density at radius 2 is 2.11 bits per heavy atom. The van der Waals surface area contributed by atoms with Crippen LogP contribution in [0.5, 0.6) is 0 Å². The number of hydrogen-bond acceptors (Lipinski definition) is 3. The summed E-state index contributed by atoms with van der Waals surface area (Å²) in [6.45, 7) is 0. The molecule has 0 amide bonds. The minimum Gasteiger partial charge on any atom is -1.00 e. The van der Waals surface area contributed by atoms with E-state index in [0.717, 1.165) is 16.3 Å². The number of rotatable bonds is 2. The smallest absolute Gasteiger partial charge is 0.177 e. The van der Waals surface area contributed by atoms with Crippen LogP contribution >= 0.6 is 11.8 Å². The molecule has 0 aliphatic heterocycles. The van der Waals surface area contributed by atoms with E-state index in [0.29, 0.717) is 5.56 Å². The van der Waals surface area contributed by atoms with Crippen molar-refractivity contribution < 1.29 is 21.5 Å². The number of halogens is 1. The lowest BCUT2D eigenvalue weighted by Crippen LogP contribution is -3.00. The molecule has 2 aromatic rings. The maximum Gasteiger partial charge on any atom is 0.177 e. The van der Waals surface area contributed by atoms with E-state index in [-0.39, 0.29) is 17.0 Å². The Morgan fingerprint density at radius 3 is 2.72 bits per heavy atom. The highest BCUT2D eigenvalue weighted by Crippen LogP contribution is 2.22. The Morgan fingerprint density at radius 1 is 1.33 bits per heavy atom. The Balaban J connectivity index is 0.00000162. The van der Waals surface area contributed by atoms with Gasteiger partial charge in [0.2, 0.25) is 0 Å². The molecule has 0 saturated heterocycles. The van der Waals surface area contributed by atoms with Crippen LogP contribution in [0.4, 0.5) is 0 Å². The molecule has 2 rings (SSSR count). The maximum absolute atomic E-state index is 8.95. The van der Waals surface area contributed by atoms with Crippen LogP contribution in [0.1, 0.15) is 5.56 Å². The van der Waals surface area contributed by atoms with Crippen LogP contribution in [0.3, 0.4) is 0 Å². The van der Waals surface area contributed by atoms with E-state index in [1.807, 2.05) is 54.5 Å². The summed E-state index contributed by atoms with van der Waals surface area (Å²) in [6, 6.07) is 9.84. The first kappa shape index (κ1) is 14.7. The molecule has 0 radical (unpaired) electrons. The van der Waals surface area contributed by atoms with Crippen LogP contribution in [0.15, 0.2) is 41.7 Å². The number of pyridine rings is 2. The zero-order valence-electron chi connectivity index (χ0n) is 10.1. The van der Waals surface area contributed by atoms with Crippen LogP contribution in [-0.2, 0) is 7.05 Å². The second-order valence-corrected chi connectivity index (χ2v) is 4.42. The van der Waals surface area contributed by atoms with Crippen molar-refractivity contribution in [1.82, 2.24) is 4.98 Å².